The van der Waals surface area contributed by atoms with E-state index in [-0.39, 0.29) is 11.7 Å². The minimum absolute atomic E-state index is 0.260. The van der Waals surface area contributed by atoms with Crippen LogP contribution >= 0.6 is 11.3 Å². The van der Waals surface area contributed by atoms with Crippen molar-refractivity contribution < 1.29 is 9.18 Å². The summed E-state index contributed by atoms with van der Waals surface area (Å²) < 4.78 is 15.9. The summed E-state index contributed by atoms with van der Waals surface area (Å²) in [6.45, 7) is 5.71. The van der Waals surface area contributed by atoms with Gasteiger partial charge in [-0.25, -0.2) is 9.37 Å². The average Bonchev–Trinajstić information content (AvgIpc) is 3.66. The molecule has 2 aliphatic heterocycles. The standard InChI is InChI=1S/C25H32FN7OS/c26-19-7-5-6-18(16-19)22-23(27-20-8-1-2-9-20)33-24(28-22)35-25(29-33)32-14-12-30(13-15-32)17-21(34)31-10-3-4-11-31/h5-7,16,20,27H,1-4,8-15,17H2. The lowest BCUT2D eigenvalue weighted by Crippen LogP contribution is -2.49. The largest absolute Gasteiger partial charge is 0.365 e. The number of halogens is 1. The summed E-state index contributed by atoms with van der Waals surface area (Å²) in [5.41, 5.74) is 1.52. The normalized spacial score (nSPS) is 19.8. The fourth-order valence-corrected chi connectivity index (χ4v) is 6.40. The summed E-state index contributed by atoms with van der Waals surface area (Å²) in [7, 11) is 0. The van der Waals surface area contributed by atoms with Crippen molar-refractivity contribution in [3.8, 4) is 11.3 Å². The van der Waals surface area contributed by atoms with Gasteiger partial charge in [-0.1, -0.05) is 36.3 Å². The van der Waals surface area contributed by atoms with E-state index >= 15 is 0 Å². The maximum absolute atomic E-state index is 14.0. The lowest BCUT2D eigenvalue weighted by molar-refractivity contribution is -0.131. The maximum atomic E-state index is 14.0. The molecule has 10 heteroatoms. The lowest BCUT2D eigenvalue weighted by atomic mass is 10.1. The van der Waals surface area contributed by atoms with Crippen molar-refractivity contribution in [1.82, 2.24) is 24.4 Å². The second kappa shape index (κ2) is 9.73. The first-order valence-electron chi connectivity index (χ1n) is 12.8. The van der Waals surface area contributed by atoms with E-state index in [4.69, 9.17) is 10.1 Å². The zero-order valence-electron chi connectivity index (χ0n) is 20.0. The van der Waals surface area contributed by atoms with Crippen LogP contribution in [0.15, 0.2) is 24.3 Å². The van der Waals surface area contributed by atoms with Crippen molar-refractivity contribution in [3.63, 3.8) is 0 Å². The molecule has 6 rings (SSSR count). The molecule has 3 aliphatic rings. The number of amides is 1. The Labute approximate surface area is 208 Å². The highest BCUT2D eigenvalue weighted by atomic mass is 32.1. The number of benzene rings is 1. The predicted molar refractivity (Wildman–Crippen MR) is 137 cm³/mol. The number of rotatable bonds is 6. The maximum Gasteiger partial charge on any atom is 0.236 e. The summed E-state index contributed by atoms with van der Waals surface area (Å²) in [5, 5.41) is 9.56. The number of imidazole rings is 1. The van der Waals surface area contributed by atoms with Crippen molar-refractivity contribution in [2.75, 3.05) is 56.0 Å². The number of aromatic nitrogens is 3. The molecule has 0 atom stereocenters. The highest BCUT2D eigenvalue weighted by molar-refractivity contribution is 7.20. The smallest absolute Gasteiger partial charge is 0.236 e. The van der Waals surface area contributed by atoms with Gasteiger partial charge in [-0.15, -0.1) is 5.10 Å². The molecule has 0 bridgehead atoms. The molecule has 2 saturated heterocycles. The van der Waals surface area contributed by atoms with E-state index in [0.29, 0.717) is 12.6 Å². The fourth-order valence-electron chi connectivity index (χ4n) is 5.45. The number of nitrogens with one attached hydrogen (secondary N) is 1. The summed E-state index contributed by atoms with van der Waals surface area (Å²) in [5.74, 6) is 0.853. The quantitative estimate of drug-likeness (QED) is 0.560. The first-order chi connectivity index (χ1) is 17.1. The van der Waals surface area contributed by atoms with Crippen LogP contribution in [0, 0.1) is 5.82 Å². The number of piperazine rings is 1. The van der Waals surface area contributed by atoms with Crippen molar-refractivity contribution in [2.45, 2.75) is 44.6 Å². The summed E-state index contributed by atoms with van der Waals surface area (Å²) in [4.78, 5) is 24.8. The molecule has 186 valence electrons. The highest BCUT2D eigenvalue weighted by Crippen LogP contribution is 2.35. The van der Waals surface area contributed by atoms with Gasteiger partial charge in [0.25, 0.3) is 0 Å². The predicted octanol–water partition coefficient (Wildman–Crippen LogP) is 3.70. The number of anilines is 2. The van der Waals surface area contributed by atoms with E-state index in [1.807, 2.05) is 15.5 Å². The summed E-state index contributed by atoms with van der Waals surface area (Å²) in [6, 6.07) is 7.02. The molecule has 2 aromatic heterocycles. The van der Waals surface area contributed by atoms with Gasteiger partial charge in [-0.05, 0) is 37.8 Å². The van der Waals surface area contributed by atoms with E-state index in [2.05, 4.69) is 15.1 Å². The molecule has 0 spiro atoms. The Kier molecular flexibility index (Phi) is 6.32. The molecular weight excluding hydrogens is 465 g/mol. The second-order valence-corrected chi connectivity index (χ2v) is 10.8. The molecule has 8 nitrogen and oxygen atoms in total. The molecule has 3 aromatic rings. The van der Waals surface area contributed by atoms with Crippen molar-refractivity contribution >= 4 is 33.2 Å². The molecular formula is C25H32FN7OS. The molecule has 1 amide bonds. The number of nitrogens with zero attached hydrogens (tertiary/aromatic N) is 6. The van der Waals surface area contributed by atoms with Crippen molar-refractivity contribution in [3.05, 3.63) is 30.1 Å². The van der Waals surface area contributed by atoms with E-state index in [0.717, 1.165) is 92.1 Å². The van der Waals surface area contributed by atoms with Crippen LogP contribution in [0.4, 0.5) is 15.3 Å². The zero-order valence-corrected chi connectivity index (χ0v) is 20.8. The monoisotopic (exact) mass is 497 g/mol. The van der Waals surface area contributed by atoms with E-state index in [9.17, 15) is 9.18 Å². The third-order valence-electron chi connectivity index (χ3n) is 7.45. The average molecular weight is 498 g/mol. The first-order valence-corrected chi connectivity index (χ1v) is 13.6. The molecule has 0 unspecified atom stereocenters. The minimum atomic E-state index is -0.264. The van der Waals surface area contributed by atoms with Gasteiger partial charge in [0.15, 0.2) is 5.82 Å². The van der Waals surface area contributed by atoms with Gasteiger partial charge in [0, 0.05) is 50.9 Å². The van der Waals surface area contributed by atoms with Crippen LogP contribution < -0.4 is 10.2 Å². The molecule has 4 heterocycles. The van der Waals surface area contributed by atoms with Crippen LogP contribution in [-0.4, -0.2) is 82.2 Å². The van der Waals surface area contributed by atoms with Crippen LogP contribution in [0.2, 0.25) is 0 Å². The number of fused-ring (bicyclic) bond motifs is 1. The highest BCUT2D eigenvalue weighted by Gasteiger charge is 2.27. The third kappa shape index (κ3) is 4.73. The van der Waals surface area contributed by atoms with Gasteiger partial charge in [0.05, 0.1) is 6.54 Å². The molecule has 1 aromatic carbocycles. The van der Waals surface area contributed by atoms with Gasteiger partial charge in [0.2, 0.25) is 16.0 Å². The van der Waals surface area contributed by atoms with Crippen LogP contribution in [-0.2, 0) is 4.79 Å². The molecule has 1 N–H and O–H groups in total. The molecule has 1 aliphatic carbocycles. The van der Waals surface area contributed by atoms with Crippen LogP contribution in [0.5, 0.6) is 0 Å². The van der Waals surface area contributed by atoms with Crippen molar-refractivity contribution in [1.29, 1.82) is 0 Å². The Bertz CT molecular complexity index is 1190. The Morgan fingerprint density at radius 2 is 1.83 bits per heavy atom. The Morgan fingerprint density at radius 3 is 2.57 bits per heavy atom. The molecule has 35 heavy (non-hydrogen) atoms. The topological polar surface area (TPSA) is 69.0 Å². The number of likely N-dealkylation sites (tertiary alicyclic amines) is 1. The van der Waals surface area contributed by atoms with Gasteiger partial charge >= 0.3 is 0 Å². The van der Waals surface area contributed by atoms with Gasteiger partial charge in [0.1, 0.15) is 11.5 Å². The fraction of sp³-hybridized carbons (Fsp3) is 0.560. The summed E-state index contributed by atoms with van der Waals surface area (Å²) in [6.07, 6.45) is 6.97. The number of hydrogen-bond acceptors (Lipinski definition) is 7. The first kappa shape index (κ1) is 22.7. The minimum Gasteiger partial charge on any atom is -0.365 e. The van der Waals surface area contributed by atoms with Gasteiger partial charge in [-0.2, -0.15) is 4.52 Å². The molecule has 3 fully saturated rings. The second-order valence-electron chi connectivity index (χ2n) is 9.88. The zero-order chi connectivity index (χ0) is 23.8. The SMILES string of the molecule is O=C(CN1CCN(c2nn3c(NC4CCCC4)c(-c4cccc(F)c4)nc3s2)CC1)N1CCCC1. The Morgan fingerprint density at radius 1 is 1.06 bits per heavy atom. The van der Waals surface area contributed by atoms with Gasteiger partial charge < -0.3 is 15.1 Å². The number of carbonyl (C=O) groups is 1. The third-order valence-corrected chi connectivity index (χ3v) is 8.42. The van der Waals surface area contributed by atoms with E-state index < -0.39 is 0 Å². The molecule has 0 radical (unpaired) electrons. The van der Waals surface area contributed by atoms with E-state index in [1.165, 1.54) is 25.0 Å². The van der Waals surface area contributed by atoms with Crippen LogP contribution in [0.3, 0.4) is 0 Å². The van der Waals surface area contributed by atoms with Crippen LogP contribution in [0.25, 0.3) is 16.2 Å². The summed E-state index contributed by atoms with van der Waals surface area (Å²) >= 11 is 1.57. The number of hydrogen-bond donors (Lipinski definition) is 1. The lowest BCUT2D eigenvalue weighted by Gasteiger charge is -2.34. The Balaban J connectivity index is 1.20. The van der Waals surface area contributed by atoms with Gasteiger partial charge in [-0.3, -0.25) is 9.69 Å². The molecule has 1 saturated carbocycles. The number of carbonyl (C=O) groups excluding carboxylic acids is 1. The van der Waals surface area contributed by atoms with Crippen molar-refractivity contribution in [2.24, 2.45) is 0 Å². The van der Waals surface area contributed by atoms with Crippen LogP contribution in [0.1, 0.15) is 38.5 Å². The Hall–Kier alpha value is -2.72. The van der Waals surface area contributed by atoms with E-state index in [1.54, 1.807) is 17.4 Å².